The first-order valence-corrected chi connectivity index (χ1v) is 10.7. The summed E-state index contributed by atoms with van der Waals surface area (Å²) < 4.78 is 11.4. The largest absolute Gasteiger partial charge is 0.492 e. The Morgan fingerprint density at radius 2 is 1.73 bits per heavy atom. The number of nitrogens with one attached hydrogen (secondary N) is 2. The number of nitrogens with zero attached hydrogens (tertiary/aromatic N) is 2. The molecule has 0 amide bonds. The second kappa shape index (κ2) is 12.2. The van der Waals surface area contributed by atoms with Crippen LogP contribution in [-0.2, 0) is 17.8 Å². The second-order valence-electron chi connectivity index (χ2n) is 7.58. The number of aliphatic imine (C=N–C) groups is 1. The average molecular weight is 411 g/mol. The van der Waals surface area contributed by atoms with Gasteiger partial charge in [-0.1, -0.05) is 42.5 Å². The molecule has 6 nitrogen and oxygen atoms in total. The summed E-state index contributed by atoms with van der Waals surface area (Å²) in [7, 11) is 3.96. The maximum Gasteiger partial charge on any atom is 0.191 e. The molecule has 2 aromatic rings. The first-order valence-electron chi connectivity index (χ1n) is 10.7. The zero-order valence-corrected chi connectivity index (χ0v) is 18.1. The molecule has 3 rings (SSSR count). The van der Waals surface area contributed by atoms with Crippen LogP contribution < -0.4 is 15.4 Å². The van der Waals surface area contributed by atoms with E-state index in [4.69, 9.17) is 9.47 Å². The van der Waals surface area contributed by atoms with Crippen LogP contribution in [0.25, 0.3) is 0 Å². The molecule has 1 saturated heterocycles. The summed E-state index contributed by atoms with van der Waals surface area (Å²) >= 11 is 0. The van der Waals surface area contributed by atoms with Crippen molar-refractivity contribution >= 4 is 5.96 Å². The van der Waals surface area contributed by atoms with Gasteiger partial charge in [0.1, 0.15) is 12.4 Å². The third-order valence-electron chi connectivity index (χ3n) is 5.41. The molecule has 0 radical (unpaired) electrons. The first kappa shape index (κ1) is 22.1. The van der Waals surface area contributed by atoms with E-state index in [9.17, 15) is 0 Å². The molecule has 1 heterocycles. The average Bonchev–Trinajstić information content (AvgIpc) is 2.80. The minimum atomic E-state index is 0.605. The van der Waals surface area contributed by atoms with Gasteiger partial charge in [0.25, 0.3) is 0 Å². The number of hydrogen-bond acceptors (Lipinski definition) is 4. The summed E-state index contributed by atoms with van der Waals surface area (Å²) in [6, 6.07) is 19.1. The third-order valence-corrected chi connectivity index (χ3v) is 5.41. The monoisotopic (exact) mass is 410 g/mol. The summed E-state index contributed by atoms with van der Waals surface area (Å²) in [5, 5.41) is 6.71. The Labute approximate surface area is 180 Å². The lowest BCUT2D eigenvalue weighted by Crippen LogP contribution is -2.38. The third kappa shape index (κ3) is 7.35. The lowest BCUT2D eigenvalue weighted by Gasteiger charge is -2.31. The van der Waals surface area contributed by atoms with Gasteiger partial charge in [0.05, 0.1) is 0 Å². The fourth-order valence-electron chi connectivity index (χ4n) is 3.55. The molecule has 0 aliphatic carbocycles. The zero-order valence-electron chi connectivity index (χ0n) is 18.1. The van der Waals surface area contributed by atoms with E-state index >= 15 is 0 Å². The van der Waals surface area contributed by atoms with E-state index in [1.165, 1.54) is 5.56 Å². The van der Waals surface area contributed by atoms with Crippen LogP contribution in [0.2, 0.25) is 0 Å². The van der Waals surface area contributed by atoms with Gasteiger partial charge in [-0.2, -0.15) is 0 Å². The van der Waals surface area contributed by atoms with Crippen LogP contribution in [0.15, 0.2) is 59.6 Å². The number of likely N-dealkylation sites (N-methyl/N-ethyl adjacent to an activating group) is 1. The quantitative estimate of drug-likeness (QED) is 0.492. The number of benzene rings is 2. The van der Waals surface area contributed by atoms with Crippen LogP contribution in [0.1, 0.15) is 24.0 Å². The van der Waals surface area contributed by atoms with Crippen LogP contribution >= 0.6 is 0 Å². The molecular weight excluding hydrogens is 376 g/mol. The Kier molecular flexibility index (Phi) is 9.00. The van der Waals surface area contributed by atoms with Gasteiger partial charge in [0.15, 0.2) is 5.96 Å². The predicted octanol–water partition coefficient (Wildman–Crippen LogP) is 3.04. The van der Waals surface area contributed by atoms with Crippen LogP contribution in [-0.4, -0.2) is 57.4 Å². The molecule has 1 aliphatic heterocycles. The molecule has 0 atom stereocenters. The number of ether oxygens (including phenoxy) is 2. The molecule has 6 heteroatoms. The van der Waals surface area contributed by atoms with Crippen LogP contribution in [0, 0.1) is 0 Å². The van der Waals surface area contributed by atoms with E-state index in [1.807, 2.05) is 30.3 Å². The molecule has 0 unspecified atom stereocenters. The second-order valence-corrected chi connectivity index (χ2v) is 7.58. The van der Waals surface area contributed by atoms with Crippen LogP contribution in [0.5, 0.6) is 5.75 Å². The summed E-state index contributed by atoms with van der Waals surface area (Å²) in [5.41, 5.74) is 2.38. The van der Waals surface area contributed by atoms with E-state index in [0.29, 0.717) is 19.2 Å². The highest BCUT2D eigenvalue weighted by Crippen LogP contribution is 2.15. The SMILES string of the molecule is CN=C(NCc1ccccc1)NCc1cccc(OCCN(C)C2CCOCC2)c1. The maximum atomic E-state index is 6.00. The highest BCUT2D eigenvalue weighted by Gasteiger charge is 2.17. The standard InChI is InChI=1S/C24H34N4O2/c1-25-24(26-18-20-7-4-3-5-8-20)27-19-21-9-6-10-23(17-21)30-16-13-28(2)22-11-14-29-15-12-22/h3-10,17,22H,11-16,18-19H2,1-2H3,(H2,25,26,27). The molecule has 2 aromatic carbocycles. The zero-order chi connectivity index (χ0) is 21.0. The molecule has 1 aliphatic rings. The van der Waals surface area contributed by atoms with Crippen molar-refractivity contribution in [2.75, 3.05) is 40.5 Å². The Hall–Kier alpha value is -2.57. The van der Waals surface area contributed by atoms with Crippen LogP contribution in [0.4, 0.5) is 0 Å². The molecule has 0 spiro atoms. The van der Waals surface area contributed by atoms with E-state index < -0.39 is 0 Å². The molecule has 2 N–H and O–H groups in total. The Balaban J connectivity index is 1.40. The molecule has 0 bridgehead atoms. The van der Waals surface area contributed by atoms with Crippen molar-refractivity contribution in [1.29, 1.82) is 0 Å². The summed E-state index contributed by atoms with van der Waals surface area (Å²) in [6.07, 6.45) is 2.22. The fourth-order valence-corrected chi connectivity index (χ4v) is 3.55. The van der Waals surface area contributed by atoms with Crippen molar-refractivity contribution in [3.63, 3.8) is 0 Å². The summed E-state index contributed by atoms with van der Waals surface area (Å²) in [4.78, 5) is 6.69. The fraction of sp³-hybridized carbons (Fsp3) is 0.458. The molecule has 0 saturated carbocycles. The number of rotatable bonds is 9. The highest BCUT2D eigenvalue weighted by atomic mass is 16.5. The minimum absolute atomic E-state index is 0.605. The van der Waals surface area contributed by atoms with Gasteiger partial charge < -0.3 is 20.1 Å². The molecule has 0 aromatic heterocycles. The van der Waals surface area contributed by atoms with Gasteiger partial charge in [-0.25, -0.2) is 0 Å². The van der Waals surface area contributed by atoms with Gasteiger partial charge in [-0.3, -0.25) is 9.89 Å². The lowest BCUT2D eigenvalue weighted by atomic mass is 10.1. The van der Waals surface area contributed by atoms with Gasteiger partial charge >= 0.3 is 0 Å². The van der Waals surface area contributed by atoms with Crippen molar-refractivity contribution in [1.82, 2.24) is 15.5 Å². The Morgan fingerprint density at radius 1 is 1.03 bits per heavy atom. The Morgan fingerprint density at radius 3 is 2.47 bits per heavy atom. The Bertz CT molecular complexity index is 776. The molecule has 1 fully saturated rings. The van der Waals surface area contributed by atoms with Gasteiger partial charge in [0, 0.05) is 45.9 Å². The topological polar surface area (TPSA) is 58.1 Å². The summed E-state index contributed by atoms with van der Waals surface area (Å²) in [6.45, 7) is 4.77. The van der Waals surface area contributed by atoms with Crippen molar-refractivity contribution < 1.29 is 9.47 Å². The van der Waals surface area contributed by atoms with Crippen molar-refractivity contribution in [2.24, 2.45) is 4.99 Å². The maximum absolute atomic E-state index is 6.00. The van der Waals surface area contributed by atoms with Crippen molar-refractivity contribution in [3.8, 4) is 5.75 Å². The first-order chi connectivity index (χ1) is 14.7. The molecular formula is C24H34N4O2. The van der Waals surface area contributed by atoms with Crippen LogP contribution in [0.3, 0.4) is 0 Å². The van der Waals surface area contributed by atoms with Gasteiger partial charge in [-0.15, -0.1) is 0 Å². The molecule has 30 heavy (non-hydrogen) atoms. The smallest absolute Gasteiger partial charge is 0.191 e. The number of guanidine groups is 1. The van der Waals surface area contributed by atoms with E-state index in [-0.39, 0.29) is 0 Å². The highest BCUT2D eigenvalue weighted by molar-refractivity contribution is 5.79. The van der Waals surface area contributed by atoms with E-state index in [1.54, 1.807) is 7.05 Å². The van der Waals surface area contributed by atoms with Gasteiger partial charge in [-0.05, 0) is 43.1 Å². The normalized spacial score (nSPS) is 15.2. The van der Waals surface area contributed by atoms with Crippen molar-refractivity contribution in [2.45, 2.75) is 32.0 Å². The number of hydrogen-bond donors (Lipinski definition) is 2. The molecule has 162 valence electrons. The van der Waals surface area contributed by atoms with E-state index in [0.717, 1.165) is 56.4 Å². The summed E-state index contributed by atoms with van der Waals surface area (Å²) in [5.74, 6) is 1.69. The van der Waals surface area contributed by atoms with E-state index in [2.05, 4.69) is 51.8 Å². The predicted molar refractivity (Wildman–Crippen MR) is 122 cm³/mol. The van der Waals surface area contributed by atoms with Crippen molar-refractivity contribution in [3.05, 3.63) is 65.7 Å². The minimum Gasteiger partial charge on any atom is -0.492 e. The lowest BCUT2D eigenvalue weighted by molar-refractivity contribution is 0.0392. The van der Waals surface area contributed by atoms with Gasteiger partial charge in [0.2, 0.25) is 0 Å².